The first-order chi connectivity index (χ1) is 13.5. The third-order valence-electron chi connectivity index (χ3n) is 6.04. The Morgan fingerprint density at radius 1 is 1.29 bits per heavy atom. The van der Waals surface area contributed by atoms with Crippen molar-refractivity contribution in [2.24, 2.45) is 5.92 Å². The normalized spacial score (nSPS) is 23.9. The van der Waals surface area contributed by atoms with Crippen molar-refractivity contribution in [2.45, 2.75) is 37.8 Å². The van der Waals surface area contributed by atoms with Crippen LogP contribution in [0.2, 0.25) is 0 Å². The average molecular weight is 390 g/mol. The third-order valence-corrected chi connectivity index (χ3v) is 6.04. The topological polar surface area (TPSA) is 97.3 Å². The van der Waals surface area contributed by atoms with Crippen molar-refractivity contribution in [1.29, 1.82) is 0 Å². The molecule has 0 saturated carbocycles. The van der Waals surface area contributed by atoms with Gasteiger partial charge in [0.05, 0.1) is 31.8 Å². The fraction of sp³-hybridized carbons (Fsp3) is 0.600. The number of aliphatic carboxylic acids is 1. The number of ether oxygens (including phenoxy) is 3. The molecule has 2 saturated heterocycles. The van der Waals surface area contributed by atoms with Gasteiger partial charge in [-0.2, -0.15) is 0 Å². The van der Waals surface area contributed by atoms with E-state index in [-0.39, 0.29) is 12.3 Å². The summed E-state index contributed by atoms with van der Waals surface area (Å²) in [5.74, 6) is 0.489. The summed E-state index contributed by atoms with van der Waals surface area (Å²) in [4.78, 5) is 25.7. The standard InChI is InChI=1S/C20H26N2O6/c1-26-15-11-17-16(27-7-2-8-28-17)9-13(15)12-22-5-3-20(4-6-22)14(19(24)25)10-18(23)21-20/h9,11,14H,2-8,10,12H2,1H3,(H,21,23)(H,24,25)/t14-/m1/s1. The number of benzene rings is 1. The molecule has 3 aliphatic heterocycles. The minimum atomic E-state index is -0.892. The van der Waals surface area contributed by atoms with E-state index >= 15 is 0 Å². The van der Waals surface area contributed by atoms with Crippen LogP contribution in [0.4, 0.5) is 0 Å². The Morgan fingerprint density at radius 2 is 1.96 bits per heavy atom. The Kier molecular flexibility index (Phi) is 5.05. The molecule has 8 heteroatoms. The Morgan fingerprint density at radius 3 is 2.61 bits per heavy atom. The van der Waals surface area contributed by atoms with Gasteiger partial charge in [0.15, 0.2) is 11.5 Å². The summed E-state index contributed by atoms with van der Waals surface area (Å²) in [6.45, 7) is 3.34. The highest BCUT2D eigenvalue weighted by molar-refractivity contribution is 5.88. The van der Waals surface area contributed by atoms with Crippen LogP contribution in [0.3, 0.4) is 0 Å². The van der Waals surface area contributed by atoms with Crippen LogP contribution in [-0.4, -0.2) is 60.8 Å². The molecular weight excluding hydrogens is 364 g/mol. The summed E-state index contributed by atoms with van der Waals surface area (Å²) in [6.07, 6.45) is 2.17. The first-order valence-corrected chi connectivity index (χ1v) is 9.73. The summed E-state index contributed by atoms with van der Waals surface area (Å²) in [6, 6.07) is 3.85. The van der Waals surface area contributed by atoms with E-state index in [2.05, 4.69) is 10.2 Å². The number of likely N-dealkylation sites (tertiary alicyclic amines) is 1. The molecule has 0 radical (unpaired) electrons. The van der Waals surface area contributed by atoms with Crippen LogP contribution in [-0.2, 0) is 16.1 Å². The van der Waals surface area contributed by atoms with Crippen LogP contribution in [0.25, 0.3) is 0 Å². The molecular formula is C20H26N2O6. The maximum absolute atomic E-state index is 11.8. The minimum absolute atomic E-state index is 0.0747. The summed E-state index contributed by atoms with van der Waals surface area (Å²) in [7, 11) is 1.64. The monoisotopic (exact) mass is 390 g/mol. The molecule has 0 unspecified atom stereocenters. The molecule has 152 valence electrons. The lowest BCUT2D eigenvalue weighted by molar-refractivity contribution is -0.144. The lowest BCUT2D eigenvalue weighted by atomic mass is 9.77. The molecule has 0 bridgehead atoms. The summed E-state index contributed by atoms with van der Waals surface area (Å²) in [5.41, 5.74) is 0.391. The SMILES string of the molecule is COc1cc2c(cc1CN1CCC3(CC1)NC(=O)C[C@@H]3C(=O)O)OCCCO2. The molecule has 8 nitrogen and oxygen atoms in total. The van der Waals surface area contributed by atoms with Crippen molar-refractivity contribution in [3.63, 3.8) is 0 Å². The van der Waals surface area contributed by atoms with Crippen LogP contribution in [0.1, 0.15) is 31.2 Å². The van der Waals surface area contributed by atoms with Gasteiger partial charge in [0.2, 0.25) is 5.91 Å². The lowest BCUT2D eigenvalue weighted by Crippen LogP contribution is -2.55. The largest absolute Gasteiger partial charge is 0.496 e. The minimum Gasteiger partial charge on any atom is -0.496 e. The van der Waals surface area contributed by atoms with E-state index in [0.29, 0.717) is 51.4 Å². The molecule has 3 aliphatic rings. The highest BCUT2D eigenvalue weighted by Gasteiger charge is 2.51. The Labute approximate surface area is 163 Å². The summed E-state index contributed by atoms with van der Waals surface area (Å²) >= 11 is 0. The average Bonchev–Trinajstić information content (AvgIpc) is 2.85. The van der Waals surface area contributed by atoms with Crippen LogP contribution >= 0.6 is 0 Å². The van der Waals surface area contributed by atoms with Gasteiger partial charge in [-0.15, -0.1) is 0 Å². The van der Waals surface area contributed by atoms with Crippen LogP contribution < -0.4 is 19.5 Å². The van der Waals surface area contributed by atoms with Gasteiger partial charge in [0, 0.05) is 44.1 Å². The van der Waals surface area contributed by atoms with Gasteiger partial charge in [-0.3, -0.25) is 14.5 Å². The summed E-state index contributed by atoms with van der Waals surface area (Å²) < 4.78 is 17.1. The number of nitrogens with zero attached hydrogens (tertiary/aromatic N) is 1. The van der Waals surface area contributed by atoms with E-state index in [1.165, 1.54) is 0 Å². The maximum atomic E-state index is 11.8. The van der Waals surface area contributed by atoms with Crippen LogP contribution in [0, 0.1) is 5.92 Å². The molecule has 0 aromatic heterocycles. The smallest absolute Gasteiger partial charge is 0.309 e. The van der Waals surface area contributed by atoms with Gasteiger partial charge >= 0.3 is 5.97 Å². The molecule has 0 aliphatic carbocycles. The second kappa shape index (κ2) is 7.50. The Balaban J connectivity index is 1.47. The van der Waals surface area contributed by atoms with E-state index in [0.717, 1.165) is 23.5 Å². The number of nitrogens with one attached hydrogen (secondary N) is 1. The predicted octanol–water partition coefficient (Wildman–Crippen LogP) is 1.41. The van der Waals surface area contributed by atoms with Crippen molar-refractivity contribution in [2.75, 3.05) is 33.4 Å². The molecule has 3 heterocycles. The van der Waals surface area contributed by atoms with Gasteiger partial charge in [-0.05, 0) is 18.9 Å². The van der Waals surface area contributed by atoms with Gasteiger partial charge in [-0.25, -0.2) is 0 Å². The van der Waals surface area contributed by atoms with Crippen molar-refractivity contribution in [3.05, 3.63) is 17.7 Å². The number of methoxy groups -OCH3 is 1. The van der Waals surface area contributed by atoms with Gasteiger partial charge in [-0.1, -0.05) is 0 Å². The van der Waals surface area contributed by atoms with Gasteiger partial charge in [0.25, 0.3) is 0 Å². The number of fused-ring (bicyclic) bond motifs is 1. The van der Waals surface area contributed by atoms with E-state index in [1.807, 2.05) is 12.1 Å². The number of piperidine rings is 1. The van der Waals surface area contributed by atoms with Crippen molar-refractivity contribution >= 4 is 11.9 Å². The fourth-order valence-corrected chi connectivity index (χ4v) is 4.49. The predicted molar refractivity (Wildman–Crippen MR) is 99.7 cm³/mol. The Hall–Kier alpha value is -2.48. The molecule has 2 N–H and O–H groups in total. The molecule has 1 aromatic rings. The second-order valence-corrected chi connectivity index (χ2v) is 7.74. The van der Waals surface area contributed by atoms with Crippen molar-refractivity contribution in [3.8, 4) is 17.2 Å². The first kappa shape index (κ1) is 18.9. The van der Waals surface area contributed by atoms with E-state index in [4.69, 9.17) is 14.2 Å². The molecule has 2 fully saturated rings. The van der Waals surface area contributed by atoms with Crippen molar-refractivity contribution in [1.82, 2.24) is 10.2 Å². The zero-order chi connectivity index (χ0) is 19.7. The van der Waals surface area contributed by atoms with Gasteiger partial charge < -0.3 is 24.6 Å². The third kappa shape index (κ3) is 3.48. The number of rotatable bonds is 4. The molecule has 1 aromatic carbocycles. The number of hydrogen-bond donors (Lipinski definition) is 2. The van der Waals surface area contributed by atoms with Crippen LogP contribution in [0.15, 0.2) is 12.1 Å². The first-order valence-electron chi connectivity index (χ1n) is 9.73. The second-order valence-electron chi connectivity index (χ2n) is 7.74. The van der Waals surface area contributed by atoms with Crippen molar-refractivity contribution < 1.29 is 28.9 Å². The lowest BCUT2D eigenvalue weighted by Gasteiger charge is -2.41. The highest BCUT2D eigenvalue weighted by atomic mass is 16.5. The van der Waals surface area contributed by atoms with Crippen LogP contribution in [0.5, 0.6) is 17.2 Å². The zero-order valence-corrected chi connectivity index (χ0v) is 16.0. The number of carbonyl (C=O) groups excluding carboxylic acids is 1. The quantitative estimate of drug-likeness (QED) is 0.802. The van der Waals surface area contributed by atoms with Gasteiger partial charge in [0.1, 0.15) is 5.75 Å². The molecule has 28 heavy (non-hydrogen) atoms. The molecule has 1 atom stereocenters. The molecule has 1 spiro atoms. The highest BCUT2D eigenvalue weighted by Crippen LogP contribution is 2.39. The fourth-order valence-electron chi connectivity index (χ4n) is 4.49. The number of amides is 1. The van der Waals surface area contributed by atoms with E-state index in [9.17, 15) is 14.7 Å². The van der Waals surface area contributed by atoms with E-state index < -0.39 is 17.4 Å². The molecule has 1 amide bonds. The Bertz CT molecular complexity index is 772. The molecule has 4 rings (SSSR count). The zero-order valence-electron chi connectivity index (χ0n) is 16.0. The number of hydrogen-bond acceptors (Lipinski definition) is 6. The van der Waals surface area contributed by atoms with E-state index in [1.54, 1.807) is 7.11 Å². The number of carboxylic acids is 1. The summed E-state index contributed by atoms with van der Waals surface area (Å²) in [5, 5.41) is 12.5. The maximum Gasteiger partial charge on any atom is 0.309 e. The number of carbonyl (C=O) groups is 2. The number of carboxylic acid groups (broad SMARTS) is 1.